The normalized spacial score (nSPS) is 18.8. The lowest BCUT2D eigenvalue weighted by atomic mass is 9.94. The van der Waals surface area contributed by atoms with E-state index in [1.807, 2.05) is 0 Å². The highest BCUT2D eigenvalue weighted by atomic mass is 127. The van der Waals surface area contributed by atoms with Crippen molar-refractivity contribution in [3.05, 3.63) is 35.9 Å². The fourth-order valence-electron chi connectivity index (χ4n) is 3.53. The first-order chi connectivity index (χ1) is 12.1. The number of nitrogens with one attached hydrogen (secondary N) is 1. The molecule has 1 aliphatic rings. The SMILES string of the molecule is CCNC(=NCC(CC)c1ccccc1)N1CCCC(CC(N)=O)C1.I. The van der Waals surface area contributed by atoms with Gasteiger partial charge in [-0.1, -0.05) is 37.3 Å². The molecular formula is C20H33IN4O. The van der Waals surface area contributed by atoms with Gasteiger partial charge in [0.1, 0.15) is 0 Å². The maximum atomic E-state index is 11.2. The fourth-order valence-corrected chi connectivity index (χ4v) is 3.53. The monoisotopic (exact) mass is 472 g/mol. The second-order valence-electron chi connectivity index (χ2n) is 6.84. The van der Waals surface area contributed by atoms with Crippen LogP contribution in [0.25, 0.3) is 0 Å². The smallest absolute Gasteiger partial charge is 0.217 e. The summed E-state index contributed by atoms with van der Waals surface area (Å²) in [7, 11) is 0. The summed E-state index contributed by atoms with van der Waals surface area (Å²) in [5, 5.41) is 3.42. The number of primary amides is 1. The lowest BCUT2D eigenvalue weighted by Crippen LogP contribution is -2.47. The van der Waals surface area contributed by atoms with E-state index < -0.39 is 0 Å². The van der Waals surface area contributed by atoms with Crippen LogP contribution in [0.5, 0.6) is 0 Å². The summed E-state index contributed by atoms with van der Waals surface area (Å²) in [5.74, 6) is 1.53. The Kier molecular flexibility index (Phi) is 10.6. The highest BCUT2D eigenvalue weighted by molar-refractivity contribution is 14.0. The number of benzene rings is 1. The van der Waals surface area contributed by atoms with Gasteiger partial charge in [0.2, 0.25) is 5.91 Å². The Morgan fingerprint density at radius 2 is 2.08 bits per heavy atom. The Labute approximate surface area is 174 Å². The summed E-state index contributed by atoms with van der Waals surface area (Å²) in [6.07, 6.45) is 3.69. The second-order valence-corrected chi connectivity index (χ2v) is 6.84. The summed E-state index contributed by atoms with van der Waals surface area (Å²) >= 11 is 0. The molecule has 1 fully saturated rings. The van der Waals surface area contributed by atoms with E-state index in [-0.39, 0.29) is 29.9 Å². The molecule has 1 saturated heterocycles. The molecule has 1 aliphatic heterocycles. The summed E-state index contributed by atoms with van der Waals surface area (Å²) in [4.78, 5) is 18.4. The highest BCUT2D eigenvalue weighted by Crippen LogP contribution is 2.21. The number of amides is 1. The number of nitrogens with zero attached hydrogens (tertiary/aromatic N) is 2. The summed E-state index contributed by atoms with van der Waals surface area (Å²) in [5.41, 5.74) is 6.72. The molecule has 1 aromatic carbocycles. The number of rotatable bonds is 7. The number of likely N-dealkylation sites (tertiary alicyclic amines) is 1. The van der Waals surface area contributed by atoms with Crippen LogP contribution >= 0.6 is 24.0 Å². The quantitative estimate of drug-likeness (QED) is 0.363. The molecule has 1 amide bonds. The van der Waals surface area contributed by atoms with E-state index in [1.54, 1.807) is 0 Å². The zero-order valence-electron chi connectivity index (χ0n) is 16.0. The maximum Gasteiger partial charge on any atom is 0.217 e. The number of guanidine groups is 1. The molecule has 26 heavy (non-hydrogen) atoms. The van der Waals surface area contributed by atoms with E-state index in [0.717, 1.165) is 51.4 Å². The minimum atomic E-state index is -0.205. The molecule has 2 rings (SSSR count). The van der Waals surface area contributed by atoms with Gasteiger partial charge in [0.25, 0.3) is 0 Å². The minimum Gasteiger partial charge on any atom is -0.370 e. The molecule has 1 aromatic rings. The molecule has 2 atom stereocenters. The Bertz CT molecular complexity index is 564. The number of carbonyl (C=O) groups excluding carboxylic acids is 1. The molecule has 3 N–H and O–H groups in total. The first-order valence-electron chi connectivity index (χ1n) is 9.50. The number of aliphatic imine (C=N–C) groups is 1. The van der Waals surface area contributed by atoms with Gasteiger partial charge >= 0.3 is 0 Å². The number of halogens is 1. The molecule has 6 heteroatoms. The number of nitrogens with two attached hydrogens (primary N) is 1. The molecule has 0 radical (unpaired) electrons. The molecule has 2 unspecified atom stereocenters. The van der Waals surface area contributed by atoms with Crippen molar-refractivity contribution in [1.82, 2.24) is 10.2 Å². The Morgan fingerprint density at radius 3 is 2.69 bits per heavy atom. The standard InChI is InChI=1S/C20H32N4O.HI/c1-3-17(18-10-6-5-7-11-18)14-23-20(22-4-2)24-12-8-9-16(15-24)13-19(21)25;/h5-7,10-11,16-17H,3-4,8-9,12-15H2,1-2H3,(H2,21,25)(H,22,23);1H. The van der Waals surface area contributed by atoms with E-state index in [9.17, 15) is 4.79 Å². The Balaban J connectivity index is 0.00000338. The van der Waals surface area contributed by atoms with E-state index in [1.165, 1.54) is 5.56 Å². The van der Waals surface area contributed by atoms with Gasteiger partial charge in [-0.05, 0) is 37.7 Å². The van der Waals surface area contributed by atoms with Gasteiger partial charge in [-0.15, -0.1) is 24.0 Å². The van der Waals surface area contributed by atoms with Crippen LogP contribution < -0.4 is 11.1 Å². The van der Waals surface area contributed by atoms with E-state index >= 15 is 0 Å². The molecule has 5 nitrogen and oxygen atoms in total. The van der Waals surface area contributed by atoms with Crippen molar-refractivity contribution < 1.29 is 4.79 Å². The van der Waals surface area contributed by atoms with Crippen LogP contribution in [0.1, 0.15) is 51.0 Å². The molecule has 0 aromatic heterocycles. The highest BCUT2D eigenvalue weighted by Gasteiger charge is 2.23. The summed E-state index contributed by atoms with van der Waals surface area (Å²) in [6, 6.07) is 10.6. The molecule has 0 aliphatic carbocycles. The Hall–Kier alpha value is -1.31. The Morgan fingerprint density at radius 1 is 1.35 bits per heavy atom. The fraction of sp³-hybridized carbons (Fsp3) is 0.600. The van der Waals surface area contributed by atoms with Crippen molar-refractivity contribution in [2.45, 2.75) is 45.4 Å². The number of piperidine rings is 1. The predicted octanol–water partition coefficient (Wildman–Crippen LogP) is 3.35. The van der Waals surface area contributed by atoms with E-state index in [0.29, 0.717) is 18.3 Å². The molecule has 0 spiro atoms. The largest absolute Gasteiger partial charge is 0.370 e. The summed E-state index contributed by atoms with van der Waals surface area (Å²) < 4.78 is 0. The molecule has 146 valence electrons. The van der Waals surface area contributed by atoms with E-state index in [4.69, 9.17) is 10.7 Å². The zero-order chi connectivity index (χ0) is 18.1. The third kappa shape index (κ3) is 7.13. The predicted molar refractivity (Wildman–Crippen MR) is 119 cm³/mol. The van der Waals surface area contributed by atoms with E-state index in [2.05, 4.69) is 54.4 Å². The average Bonchev–Trinajstić information content (AvgIpc) is 2.62. The van der Waals surface area contributed by atoms with Crippen molar-refractivity contribution >= 4 is 35.8 Å². The minimum absolute atomic E-state index is 0. The molecule has 1 heterocycles. The van der Waals surface area contributed by atoms with Crippen molar-refractivity contribution in [2.24, 2.45) is 16.6 Å². The van der Waals surface area contributed by atoms with Crippen molar-refractivity contribution in [3.8, 4) is 0 Å². The maximum absolute atomic E-state index is 11.2. The third-order valence-electron chi connectivity index (χ3n) is 4.87. The van der Waals surface area contributed by atoms with Crippen LogP contribution in [0, 0.1) is 5.92 Å². The third-order valence-corrected chi connectivity index (χ3v) is 4.87. The van der Waals surface area contributed by atoms with Gasteiger partial charge in [0.05, 0.1) is 0 Å². The summed E-state index contributed by atoms with van der Waals surface area (Å²) in [6.45, 7) is 7.77. The van der Waals surface area contributed by atoms with Gasteiger partial charge in [-0.3, -0.25) is 9.79 Å². The lowest BCUT2D eigenvalue weighted by molar-refractivity contribution is -0.119. The van der Waals surface area contributed by atoms with Crippen molar-refractivity contribution in [2.75, 3.05) is 26.2 Å². The van der Waals surface area contributed by atoms with Crippen molar-refractivity contribution in [1.29, 1.82) is 0 Å². The first kappa shape index (κ1) is 22.7. The molecule has 0 bridgehead atoms. The van der Waals surface area contributed by atoms with Crippen LogP contribution in [0.4, 0.5) is 0 Å². The van der Waals surface area contributed by atoms with Crippen LogP contribution in [0.15, 0.2) is 35.3 Å². The number of hydrogen-bond acceptors (Lipinski definition) is 2. The number of hydrogen-bond donors (Lipinski definition) is 2. The van der Waals surface area contributed by atoms with Crippen LogP contribution in [0.2, 0.25) is 0 Å². The lowest BCUT2D eigenvalue weighted by Gasteiger charge is -2.35. The van der Waals surface area contributed by atoms with Gasteiger partial charge in [-0.2, -0.15) is 0 Å². The molecular weight excluding hydrogens is 439 g/mol. The van der Waals surface area contributed by atoms with Gasteiger partial charge in [0.15, 0.2) is 5.96 Å². The van der Waals surface area contributed by atoms with Crippen molar-refractivity contribution in [3.63, 3.8) is 0 Å². The zero-order valence-corrected chi connectivity index (χ0v) is 18.3. The average molecular weight is 472 g/mol. The van der Waals surface area contributed by atoms with Gasteiger partial charge in [-0.25, -0.2) is 0 Å². The van der Waals surface area contributed by atoms with Crippen LogP contribution in [0.3, 0.4) is 0 Å². The second kappa shape index (κ2) is 12.1. The van der Waals surface area contributed by atoms with Gasteiger partial charge < -0.3 is 16.0 Å². The topological polar surface area (TPSA) is 70.7 Å². The number of carbonyl (C=O) groups is 1. The first-order valence-corrected chi connectivity index (χ1v) is 9.50. The van der Waals surface area contributed by atoms with Crippen LogP contribution in [-0.2, 0) is 4.79 Å². The van der Waals surface area contributed by atoms with Crippen LogP contribution in [-0.4, -0.2) is 42.9 Å². The molecule has 0 saturated carbocycles. The van der Waals surface area contributed by atoms with Gasteiger partial charge in [0, 0.05) is 38.5 Å².